The molecule has 1 aliphatic heterocycles. The molecule has 3 aromatic heterocycles. The molecule has 5 rings (SSSR count). The van der Waals surface area contributed by atoms with Gasteiger partial charge in [0.2, 0.25) is 5.95 Å². The number of anilines is 3. The highest BCUT2D eigenvalue weighted by molar-refractivity contribution is 5.82. The van der Waals surface area contributed by atoms with Crippen molar-refractivity contribution in [3.8, 4) is 11.8 Å². The van der Waals surface area contributed by atoms with Gasteiger partial charge in [-0.05, 0) is 37.5 Å². The molecule has 3 aromatic rings. The number of fused-ring (bicyclic) bond motifs is 1. The summed E-state index contributed by atoms with van der Waals surface area (Å²) in [6.07, 6.45) is 7.78. The number of aromatic nitrogens is 4. The van der Waals surface area contributed by atoms with Crippen LogP contribution in [0, 0.1) is 18.8 Å². The van der Waals surface area contributed by atoms with Crippen LogP contribution in [-0.2, 0) is 0 Å². The second kappa shape index (κ2) is 9.79. The van der Waals surface area contributed by atoms with Crippen LogP contribution in [0.15, 0.2) is 29.3 Å². The summed E-state index contributed by atoms with van der Waals surface area (Å²) in [7, 11) is 0. The summed E-state index contributed by atoms with van der Waals surface area (Å²) >= 11 is 0. The maximum absolute atomic E-state index is 13.5. The molecular formula is C25H30N8O. The number of pyridine rings is 2. The molecule has 0 radical (unpaired) electrons. The van der Waals surface area contributed by atoms with E-state index >= 15 is 0 Å². The van der Waals surface area contributed by atoms with E-state index in [2.05, 4.69) is 43.4 Å². The highest BCUT2D eigenvalue weighted by Gasteiger charge is 2.24. The number of nitrogens with zero attached hydrogens (tertiary/aromatic N) is 5. The zero-order valence-electron chi connectivity index (χ0n) is 19.5. The molecule has 9 heteroatoms. The largest absolute Gasteiger partial charge is 0.368 e. The summed E-state index contributed by atoms with van der Waals surface area (Å²) in [5, 5.41) is 7.40. The van der Waals surface area contributed by atoms with E-state index < -0.39 is 0 Å². The third kappa shape index (κ3) is 4.34. The molecule has 1 aliphatic carbocycles. The molecule has 0 bridgehead atoms. The van der Waals surface area contributed by atoms with Crippen molar-refractivity contribution in [2.45, 2.75) is 38.6 Å². The molecule has 2 aliphatic rings. The monoisotopic (exact) mass is 458 g/mol. The van der Waals surface area contributed by atoms with Crippen LogP contribution in [0.1, 0.15) is 42.9 Å². The lowest BCUT2D eigenvalue weighted by Gasteiger charge is -2.29. The minimum Gasteiger partial charge on any atom is -0.368 e. The first-order valence-electron chi connectivity index (χ1n) is 11.9. The van der Waals surface area contributed by atoms with E-state index in [0.717, 1.165) is 68.5 Å². The highest BCUT2D eigenvalue weighted by Crippen LogP contribution is 2.32. The van der Waals surface area contributed by atoms with Crippen molar-refractivity contribution in [3.63, 3.8) is 0 Å². The maximum Gasteiger partial charge on any atom is 0.268 e. The quantitative estimate of drug-likeness (QED) is 0.509. The molecule has 9 nitrogen and oxygen atoms in total. The van der Waals surface area contributed by atoms with Crippen LogP contribution in [0.4, 0.5) is 17.5 Å². The number of hydrogen-bond donors (Lipinski definition) is 3. The number of rotatable bonds is 4. The van der Waals surface area contributed by atoms with E-state index in [9.17, 15) is 4.79 Å². The lowest BCUT2D eigenvalue weighted by Crippen LogP contribution is -2.43. The number of piperazine rings is 1. The van der Waals surface area contributed by atoms with E-state index in [0.29, 0.717) is 23.0 Å². The van der Waals surface area contributed by atoms with Crippen molar-refractivity contribution in [1.29, 1.82) is 0 Å². The Kier molecular flexibility index (Phi) is 6.43. The normalized spacial score (nSPS) is 16.5. The first-order valence-corrected chi connectivity index (χ1v) is 11.9. The van der Waals surface area contributed by atoms with E-state index in [-0.39, 0.29) is 18.1 Å². The first kappa shape index (κ1) is 22.3. The van der Waals surface area contributed by atoms with Crippen LogP contribution >= 0.6 is 0 Å². The SMILES string of the molecule is Cc1c(C#CCN)c(=O)n(C2CCCC2)c2nc(Nc3ccc(N4CCNCC4)cn3)ncc12. The van der Waals surface area contributed by atoms with Gasteiger partial charge in [0.25, 0.3) is 5.56 Å². The highest BCUT2D eigenvalue weighted by atomic mass is 16.1. The van der Waals surface area contributed by atoms with Crippen molar-refractivity contribution in [2.24, 2.45) is 5.73 Å². The Labute approximate surface area is 198 Å². The molecule has 4 heterocycles. The van der Waals surface area contributed by atoms with Gasteiger partial charge in [-0.3, -0.25) is 9.36 Å². The van der Waals surface area contributed by atoms with Crippen LogP contribution in [0.25, 0.3) is 11.0 Å². The first-order chi connectivity index (χ1) is 16.7. The third-order valence-electron chi connectivity index (χ3n) is 6.68. The second-order valence-corrected chi connectivity index (χ2v) is 8.81. The maximum atomic E-state index is 13.5. The predicted octanol–water partition coefficient (Wildman–Crippen LogP) is 2.07. The minimum absolute atomic E-state index is 0.0963. The Hall–Kier alpha value is -3.48. The minimum atomic E-state index is -0.0963. The van der Waals surface area contributed by atoms with Crippen molar-refractivity contribution in [1.82, 2.24) is 24.8 Å². The number of aryl methyl sites for hydroxylation is 1. The van der Waals surface area contributed by atoms with Gasteiger partial charge in [0, 0.05) is 43.8 Å². The summed E-state index contributed by atoms with van der Waals surface area (Å²) in [4.78, 5) is 29.6. The molecular weight excluding hydrogens is 428 g/mol. The van der Waals surface area contributed by atoms with Gasteiger partial charge in [-0.25, -0.2) is 9.97 Å². The summed E-state index contributed by atoms with van der Waals surface area (Å²) in [6, 6.07) is 4.11. The topological polar surface area (TPSA) is 114 Å². The van der Waals surface area contributed by atoms with E-state index in [1.165, 1.54) is 0 Å². The Bertz CT molecular complexity index is 1290. The van der Waals surface area contributed by atoms with Gasteiger partial charge in [-0.1, -0.05) is 24.7 Å². The molecule has 4 N–H and O–H groups in total. The molecule has 34 heavy (non-hydrogen) atoms. The van der Waals surface area contributed by atoms with Crippen molar-refractivity contribution >= 4 is 28.5 Å². The smallest absolute Gasteiger partial charge is 0.268 e. The second-order valence-electron chi connectivity index (χ2n) is 8.81. The molecule has 0 unspecified atom stereocenters. The Morgan fingerprint density at radius 2 is 1.97 bits per heavy atom. The molecule has 1 saturated heterocycles. The fraction of sp³-hybridized carbons (Fsp3) is 0.440. The van der Waals surface area contributed by atoms with Crippen molar-refractivity contribution in [3.05, 3.63) is 46.0 Å². The molecule has 2 fully saturated rings. The van der Waals surface area contributed by atoms with E-state index in [4.69, 9.17) is 10.7 Å². The zero-order chi connectivity index (χ0) is 23.5. The number of hydrogen-bond acceptors (Lipinski definition) is 8. The zero-order valence-corrected chi connectivity index (χ0v) is 19.5. The summed E-state index contributed by atoms with van der Waals surface area (Å²) in [5.74, 6) is 6.90. The predicted molar refractivity (Wildman–Crippen MR) is 135 cm³/mol. The van der Waals surface area contributed by atoms with E-state index in [1.807, 2.05) is 23.8 Å². The lowest BCUT2D eigenvalue weighted by atomic mass is 10.1. The van der Waals surface area contributed by atoms with Crippen molar-refractivity contribution < 1.29 is 0 Å². The van der Waals surface area contributed by atoms with Crippen molar-refractivity contribution in [2.75, 3.05) is 42.9 Å². The lowest BCUT2D eigenvalue weighted by molar-refractivity contribution is 0.515. The number of nitrogens with one attached hydrogen (secondary N) is 2. The van der Waals surface area contributed by atoms with Crippen LogP contribution < -0.4 is 26.8 Å². The molecule has 176 valence electrons. The van der Waals surface area contributed by atoms with Gasteiger partial charge in [0.05, 0.1) is 24.0 Å². The molecule has 0 amide bonds. The number of nitrogens with two attached hydrogens (primary N) is 1. The average Bonchev–Trinajstić information content (AvgIpc) is 3.39. The summed E-state index contributed by atoms with van der Waals surface area (Å²) in [6.45, 7) is 6.01. The van der Waals surface area contributed by atoms with E-state index in [1.54, 1.807) is 6.20 Å². The van der Waals surface area contributed by atoms with Crippen LogP contribution in [0.5, 0.6) is 0 Å². The Morgan fingerprint density at radius 1 is 1.18 bits per heavy atom. The molecule has 0 aromatic carbocycles. The van der Waals surface area contributed by atoms with Gasteiger partial charge in [-0.2, -0.15) is 4.98 Å². The standard InChI is InChI=1S/C25H30N8O/c1-17-20(7-4-10-26)24(34)33(18-5-2-3-6-18)23-21(17)16-29-25(31-23)30-22-9-8-19(15-28-22)32-13-11-27-12-14-32/h8-9,15-16,18,27H,2-3,5-6,10-14,26H2,1H3,(H,28,29,30,31). The van der Waals surface area contributed by atoms with Gasteiger partial charge in [0.1, 0.15) is 11.5 Å². The summed E-state index contributed by atoms with van der Waals surface area (Å²) in [5.41, 5.74) is 8.49. The van der Waals surface area contributed by atoms with Gasteiger partial charge < -0.3 is 21.3 Å². The Balaban J connectivity index is 1.51. The average molecular weight is 459 g/mol. The van der Waals surface area contributed by atoms with Crippen LogP contribution in [0.2, 0.25) is 0 Å². The van der Waals surface area contributed by atoms with Gasteiger partial charge in [-0.15, -0.1) is 0 Å². The van der Waals surface area contributed by atoms with Gasteiger partial charge >= 0.3 is 0 Å². The van der Waals surface area contributed by atoms with Crippen LogP contribution in [-0.4, -0.2) is 52.2 Å². The Morgan fingerprint density at radius 3 is 2.68 bits per heavy atom. The fourth-order valence-electron chi connectivity index (χ4n) is 4.87. The summed E-state index contributed by atoms with van der Waals surface area (Å²) < 4.78 is 1.82. The molecule has 0 atom stereocenters. The molecule has 1 saturated carbocycles. The molecule has 0 spiro atoms. The van der Waals surface area contributed by atoms with Gasteiger partial charge in [0.15, 0.2) is 0 Å². The fourth-order valence-corrected chi connectivity index (χ4v) is 4.87. The van der Waals surface area contributed by atoms with Crippen LogP contribution in [0.3, 0.4) is 0 Å². The third-order valence-corrected chi connectivity index (χ3v) is 6.68.